The van der Waals surface area contributed by atoms with Gasteiger partial charge in [0.15, 0.2) is 0 Å². The highest BCUT2D eigenvalue weighted by Crippen LogP contribution is 2.43. The average Bonchev–Trinajstić information content (AvgIpc) is 3.45. The van der Waals surface area contributed by atoms with Crippen LogP contribution in [0.25, 0.3) is 15.0 Å². The van der Waals surface area contributed by atoms with Crippen LogP contribution in [0, 0.1) is 0 Å². The predicted octanol–water partition coefficient (Wildman–Crippen LogP) is 5.20. The normalized spacial score (nSPS) is 23.5. The van der Waals surface area contributed by atoms with Gasteiger partial charge in [-0.2, -0.15) is 0 Å². The molecule has 6 rings (SSSR count). The monoisotopic (exact) mass is 508 g/mol. The number of benzene rings is 2. The number of hydrogen-bond acceptors (Lipinski definition) is 6. The number of anilines is 1. The van der Waals surface area contributed by atoms with E-state index in [1.54, 1.807) is 23.0 Å². The third-order valence-electron chi connectivity index (χ3n) is 6.65. The van der Waals surface area contributed by atoms with Crippen molar-refractivity contribution in [2.75, 3.05) is 38.1 Å². The molecule has 174 valence electrons. The lowest BCUT2D eigenvalue weighted by Gasteiger charge is -2.31. The van der Waals surface area contributed by atoms with Gasteiger partial charge in [0, 0.05) is 52.2 Å². The summed E-state index contributed by atoms with van der Waals surface area (Å²) < 4.78 is 1.26. The minimum absolute atomic E-state index is 0.0810. The summed E-state index contributed by atoms with van der Waals surface area (Å²) in [7, 11) is 2.18. The Hall–Kier alpha value is -2.16. The van der Waals surface area contributed by atoms with Gasteiger partial charge in [-0.25, -0.2) is 0 Å². The molecule has 2 unspecified atom stereocenters. The maximum Gasteiger partial charge on any atom is 0.248 e. The van der Waals surface area contributed by atoms with Gasteiger partial charge in [-0.1, -0.05) is 23.7 Å². The Balaban J connectivity index is 1.18. The number of carbonyl (C=O) groups excluding carboxylic acids is 1. The van der Waals surface area contributed by atoms with Crippen molar-refractivity contribution >= 4 is 67.6 Å². The minimum Gasteiger partial charge on any atom is -0.304 e. The topological polar surface area (TPSA) is 39.1 Å². The Kier molecular flexibility index (Phi) is 5.99. The van der Waals surface area contributed by atoms with Gasteiger partial charge in [-0.3, -0.25) is 19.6 Å². The van der Waals surface area contributed by atoms with Crippen LogP contribution >= 0.6 is 34.7 Å². The maximum atomic E-state index is 13.4. The number of amides is 1. The van der Waals surface area contributed by atoms with Crippen LogP contribution < -0.4 is 4.90 Å². The van der Waals surface area contributed by atoms with Crippen LogP contribution in [-0.4, -0.2) is 66.6 Å². The van der Waals surface area contributed by atoms with Crippen molar-refractivity contribution in [3.63, 3.8) is 0 Å². The molecule has 0 radical (unpaired) electrons. The van der Waals surface area contributed by atoms with Crippen molar-refractivity contribution in [2.24, 2.45) is 4.99 Å². The van der Waals surface area contributed by atoms with Crippen molar-refractivity contribution < 1.29 is 4.79 Å². The zero-order valence-electron chi connectivity index (χ0n) is 18.9. The fourth-order valence-electron chi connectivity index (χ4n) is 4.66. The first-order valence-corrected chi connectivity index (χ1v) is 13.5. The van der Waals surface area contributed by atoms with E-state index >= 15 is 0 Å². The van der Waals surface area contributed by atoms with Gasteiger partial charge in [0.1, 0.15) is 5.25 Å². The average molecular weight is 509 g/mol. The van der Waals surface area contributed by atoms with Crippen LogP contribution in [0.2, 0.25) is 5.02 Å². The van der Waals surface area contributed by atoms with Crippen LogP contribution in [0.4, 0.5) is 5.69 Å². The molecule has 1 aromatic heterocycles. The van der Waals surface area contributed by atoms with E-state index in [1.807, 2.05) is 41.7 Å². The summed E-state index contributed by atoms with van der Waals surface area (Å²) >= 11 is 9.47. The van der Waals surface area contributed by atoms with Crippen LogP contribution in [0.15, 0.2) is 59.6 Å². The molecule has 0 saturated carbocycles. The number of aliphatic imine (C=N–C) groups is 1. The second kappa shape index (κ2) is 9.13. The third kappa shape index (κ3) is 4.32. The molecule has 0 bridgehead atoms. The molecule has 3 aliphatic heterocycles. The number of likely N-dealkylation sites (N-methyl/N-ethyl adjacent to an activating group) is 1. The van der Waals surface area contributed by atoms with Crippen LogP contribution in [0.5, 0.6) is 0 Å². The number of halogens is 1. The number of fused-ring (bicyclic) bond motifs is 2. The molecule has 5 nitrogen and oxygen atoms in total. The summed E-state index contributed by atoms with van der Waals surface area (Å²) in [5, 5.41) is 1.66. The fourth-order valence-corrected chi connectivity index (χ4v) is 7.14. The molecule has 3 aromatic rings. The number of thioether (sulfide) groups is 1. The Labute approximate surface area is 212 Å². The lowest BCUT2D eigenvalue weighted by atomic mass is 10.1. The second-order valence-electron chi connectivity index (χ2n) is 9.05. The van der Waals surface area contributed by atoms with Gasteiger partial charge in [0.25, 0.3) is 0 Å². The quantitative estimate of drug-likeness (QED) is 0.485. The standard InChI is InChI=1S/C26H25ClN4OS2/c1-29-8-10-30(11-9-29)15-21-13-18-12-20(6-7-23(18)33-21)31-16-28-22-14-24(34-25(22)26(31)32)17-2-4-19(27)5-3-17/h2-7,12-14,16,22,25H,8-11,15H2,1H3. The molecule has 8 heteroatoms. The van der Waals surface area contributed by atoms with Crippen LogP contribution in [0.1, 0.15) is 10.4 Å². The SMILES string of the molecule is CN1CCN(Cc2cc3cc(N4C=NC5C=C(c6ccc(Cl)cc6)SC5C4=O)ccc3s2)CC1. The largest absolute Gasteiger partial charge is 0.304 e. The molecular formula is C26H25ClN4OS2. The first-order chi connectivity index (χ1) is 16.5. The number of rotatable bonds is 4. The molecule has 4 heterocycles. The Bertz CT molecular complexity index is 1290. The smallest absolute Gasteiger partial charge is 0.248 e. The van der Waals surface area contributed by atoms with Gasteiger partial charge in [-0.05, 0) is 60.5 Å². The first-order valence-electron chi connectivity index (χ1n) is 11.5. The van der Waals surface area contributed by atoms with Gasteiger partial charge in [0.2, 0.25) is 5.91 Å². The van der Waals surface area contributed by atoms with E-state index in [9.17, 15) is 4.79 Å². The van der Waals surface area contributed by atoms with Crippen molar-refractivity contribution in [2.45, 2.75) is 17.8 Å². The molecule has 0 spiro atoms. The lowest BCUT2D eigenvalue weighted by molar-refractivity contribution is -0.117. The lowest BCUT2D eigenvalue weighted by Crippen LogP contribution is -2.44. The van der Waals surface area contributed by atoms with E-state index in [-0.39, 0.29) is 17.2 Å². The molecule has 34 heavy (non-hydrogen) atoms. The minimum atomic E-state index is -0.235. The zero-order chi connectivity index (χ0) is 23.2. The second-order valence-corrected chi connectivity index (χ2v) is 11.8. The van der Waals surface area contributed by atoms with Gasteiger partial charge < -0.3 is 4.90 Å². The summed E-state index contributed by atoms with van der Waals surface area (Å²) in [4.78, 5) is 27.2. The zero-order valence-corrected chi connectivity index (χ0v) is 21.2. The molecular weight excluding hydrogens is 484 g/mol. The van der Waals surface area contributed by atoms with E-state index < -0.39 is 0 Å². The van der Waals surface area contributed by atoms with Crippen LogP contribution in [-0.2, 0) is 11.3 Å². The van der Waals surface area contributed by atoms with E-state index in [4.69, 9.17) is 16.6 Å². The van der Waals surface area contributed by atoms with Crippen molar-refractivity contribution in [1.29, 1.82) is 0 Å². The highest BCUT2D eigenvalue weighted by molar-refractivity contribution is 8.09. The summed E-state index contributed by atoms with van der Waals surface area (Å²) in [6.07, 6.45) is 3.79. The number of thiophene rings is 1. The molecule has 2 aromatic carbocycles. The fraction of sp³-hybridized carbons (Fsp3) is 0.308. The number of piperazine rings is 1. The molecule has 1 saturated heterocycles. The Morgan fingerprint density at radius 2 is 1.85 bits per heavy atom. The summed E-state index contributed by atoms with van der Waals surface area (Å²) in [6.45, 7) is 5.47. The summed E-state index contributed by atoms with van der Waals surface area (Å²) in [5.41, 5.74) is 1.95. The Morgan fingerprint density at radius 3 is 2.65 bits per heavy atom. The van der Waals surface area contributed by atoms with E-state index in [0.29, 0.717) is 5.02 Å². The van der Waals surface area contributed by atoms with Gasteiger partial charge in [-0.15, -0.1) is 23.1 Å². The Morgan fingerprint density at radius 1 is 1.06 bits per heavy atom. The van der Waals surface area contributed by atoms with Gasteiger partial charge in [0.05, 0.1) is 18.1 Å². The first kappa shape index (κ1) is 22.3. The van der Waals surface area contributed by atoms with Crippen molar-refractivity contribution in [3.05, 3.63) is 70.1 Å². The number of carbonyl (C=O) groups is 1. The van der Waals surface area contributed by atoms with Crippen molar-refractivity contribution in [3.8, 4) is 0 Å². The molecule has 2 atom stereocenters. The molecule has 1 fully saturated rings. The molecule has 0 aliphatic carbocycles. The van der Waals surface area contributed by atoms with Crippen molar-refractivity contribution in [1.82, 2.24) is 9.80 Å². The number of hydrogen-bond donors (Lipinski definition) is 0. The van der Waals surface area contributed by atoms with Gasteiger partial charge >= 0.3 is 0 Å². The highest BCUT2D eigenvalue weighted by Gasteiger charge is 2.40. The highest BCUT2D eigenvalue weighted by atomic mass is 35.5. The molecule has 0 N–H and O–H groups in total. The predicted molar refractivity (Wildman–Crippen MR) is 145 cm³/mol. The summed E-state index contributed by atoms with van der Waals surface area (Å²) in [6, 6.07) is 16.2. The third-order valence-corrected chi connectivity index (χ3v) is 9.37. The van der Waals surface area contributed by atoms with E-state index in [0.717, 1.165) is 48.9 Å². The van der Waals surface area contributed by atoms with Crippen LogP contribution in [0.3, 0.4) is 0 Å². The van der Waals surface area contributed by atoms with E-state index in [1.165, 1.54) is 15.0 Å². The molecule has 3 aliphatic rings. The van der Waals surface area contributed by atoms with E-state index in [2.05, 4.69) is 41.1 Å². The number of nitrogens with zero attached hydrogens (tertiary/aromatic N) is 4. The summed E-state index contributed by atoms with van der Waals surface area (Å²) in [5.74, 6) is 0.0810. The molecule has 1 amide bonds. The maximum absolute atomic E-state index is 13.4.